The van der Waals surface area contributed by atoms with Crippen molar-refractivity contribution >= 4 is 17.4 Å². The fourth-order valence-electron chi connectivity index (χ4n) is 2.93. The van der Waals surface area contributed by atoms with Crippen LogP contribution < -0.4 is 4.90 Å². The predicted molar refractivity (Wildman–Crippen MR) is 88.0 cm³/mol. The van der Waals surface area contributed by atoms with Crippen molar-refractivity contribution < 1.29 is 19.1 Å². The molecule has 1 N–H and O–H groups in total. The number of para-hydroxylation sites is 1. The van der Waals surface area contributed by atoms with E-state index in [4.69, 9.17) is 0 Å². The minimum Gasteiger partial charge on any atom is -0.503 e. The van der Waals surface area contributed by atoms with E-state index < -0.39 is 23.5 Å². The molecule has 5 heteroatoms. The molecule has 0 bridgehead atoms. The monoisotopic (exact) mass is 325 g/mol. The molecular formula is C19H16FNO3. The second-order valence-electron chi connectivity index (χ2n) is 5.47. The number of halogens is 1. The number of amides is 1. The fourth-order valence-corrected chi connectivity index (χ4v) is 2.93. The molecule has 1 unspecified atom stereocenters. The fraction of sp³-hybridized carbons (Fsp3) is 0.158. The van der Waals surface area contributed by atoms with E-state index in [1.807, 2.05) is 0 Å². The summed E-state index contributed by atoms with van der Waals surface area (Å²) in [6, 6.07) is 13.6. The molecule has 0 saturated carbocycles. The number of hydrogen-bond donors (Lipinski definition) is 1. The van der Waals surface area contributed by atoms with E-state index in [2.05, 4.69) is 0 Å². The molecule has 2 aromatic carbocycles. The zero-order chi connectivity index (χ0) is 17.3. The van der Waals surface area contributed by atoms with Crippen LogP contribution in [0.1, 0.15) is 24.9 Å². The van der Waals surface area contributed by atoms with E-state index in [1.165, 1.54) is 23.1 Å². The van der Waals surface area contributed by atoms with Gasteiger partial charge in [-0.1, -0.05) is 43.3 Å². The lowest BCUT2D eigenvalue weighted by Gasteiger charge is -2.27. The van der Waals surface area contributed by atoms with Gasteiger partial charge in [-0.05, 0) is 18.2 Å². The summed E-state index contributed by atoms with van der Waals surface area (Å²) in [5.41, 5.74) is 0.605. The molecule has 24 heavy (non-hydrogen) atoms. The average Bonchev–Trinajstić information content (AvgIpc) is 2.87. The molecule has 0 spiro atoms. The van der Waals surface area contributed by atoms with Gasteiger partial charge in [0.05, 0.1) is 11.6 Å². The van der Waals surface area contributed by atoms with Gasteiger partial charge in [-0.3, -0.25) is 14.5 Å². The van der Waals surface area contributed by atoms with Crippen molar-refractivity contribution in [1.29, 1.82) is 0 Å². The van der Waals surface area contributed by atoms with Crippen LogP contribution in [-0.4, -0.2) is 16.8 Å². The van der Waals surface area contributed by atoms with Gasteiger partial charge in [0, 0.05) is 17.7 Å². The summed E-state index contributed by atoms with van der Waals surface area (Å²) < 4.78 is 14.4. The Morgan fingerprint density at radius 2 is 1.75 bits per heavy atom. The Bertz CT molecular complexity index is 830. The minimum atomic E-state index is -0.978. The number of aliphatic hydroxyl groups is 1. The highest BCUT2D eigenvalue weighted by molar-refractivity contribution is 6.16. The third-order valence-corrected chi connectivity index (χ3v) is 4.06. The number of ketones is 1. The molecule has 0 saturated heterocycles. The third kappa shape index (κ3) is 2.48. The van der Waals surface area contributed by atoms with E-state index in [0.29, 0.717) is 5.69 Å². The third-order valence-electron chi connectivity index (χ3n) is 4.06. The summed E-state index contributed by atoms with van der Waals surface area (Å²) in [4.78, 5) is 26.2. The van der Waals surface area contributed by atoms with Crippen molar-refractivity contribution in [2.45, 2.75) is 19.4 Å². The lowest BCUT2D eigenvalue weighted by molar-refractivity contribution is -0.118. The molecule has 1 aliphatic heterocycles. The SMILES string of the molecule is CCC(=O)C1=C(O)C(=O)N(c2ccccc2)C1c1ccccc1F. The average molecular weight is 325 g/mol. The molecule has 0 aromatic heterocycles. The largest absolute Gasteiger partial charge is 0.503 e. The van der Waals surface area contributed by atoms with E-state index in [1.54, 1.807) is 43.3 Å². The normalized spacial score (nSPS) is 17.5. The molecule has 0 fully saturated rings. The highest BCUT2D eigenvalue weighted by atomic mass is 19.1. The second kappa shape index (κ2) is 6.28. The Morgan fingerprint density at radius 1 is 1.12 bits per heavy atom. The number of carbonyl (C=O) groups excluding carboxylic acids is 2. The van der Waals surface area contributed by atoms with Crippen LogP contribution >= 0.6 is 0 Å². The van der Waals surface area contributed by atoms with Gasteiger partial charge in [-0.25, -0.2) is 4.39 Å². The number of aliphatic hydroxyl groups excluding tert-OH is 1. The summed E-state index contributed by atoms with van der Waals surface area (Å²) in [6.07, 6.45) is 0.111. The smallest absolute Gasteiger partial charge is 0.294 e. The van der Waals surface area contributed by atoms with Gasteiger partial charge in [0.1, 0.15) is 5.82 Å². The first-order valence-electron chi connectivity index (χ1n) is 7.65. The van der Waals surface area contributed by atoms with E-state index >= 15 is 0 Å². The van der Waals surface area contributed by atoms with Crippen LogP contribution in [0.2, 0.25) is 0 Å². The maximum absolute atomic E-state index is 14.4. The van der Waals surface area contributed by atoms with E-state index in [9.17, 15) is 19.1 Å². The second-order valence-corrected chi connectivity index (χ2v) is 5.47. The molecule has 3 rings (SSSR count). The minimum absolute atomic E-state index is 0.0588. The van der Waals surface area contributed by atoms with Gasteiger partial charge in [0.2, 0.25) is 0 Å². The quantitative estimate of drug-likeness (QED) is 0.932. The molecule has 2 aromatic rings. The summed E-state index contributed by atoms with van der Waals surface area (Å²) in [7, 11) is 0. The van der Waals surface area contributed by atoms with Crippen LogP contribution in [0.4, 0.5) is 10.1 Å². The molecule has 1 aliphatic rings. The zero-order valence-corrected chi connectivity index (χ0v) is 13.1. The molecule has 0 aliphatic carbocycles. The molecule has 1 atom stereocenters. The maximum atomic E-state index is 14.4. The molecular weight excluding hydrogens is 309 g/mol. The topological polar surface area (TPSA) is 57.6 Å². The van der Waals surface area contributed by atoms with Gasteiger partial charge >= 0.3 is 0 Å². The lowest BCUT2D eigenvalue weighted by atomic mass is 9.94. The van der Waals surface area contributed by atoms with Crippen LogP contribution in [0.15, 0.2) is 65.9 Å². The number of hydrogen-bond acceptors (Lipinski definition) is 3. The van der Waals surface area contributed by atoms with Gasteiger partial charge in [0.15, 0.2) is 11.5 Å². The number of rotatable bonds is 4. The molecule has 0 radical (unpaired) electrons. The van der Waals surface area contributed by atoms with Crippen LogP contribution in [0.5, 0.6) is 0 Å². The number of anilines is 1. The van der Waals surface area contributed by atoms with Crippen LogP contribution in [-0.2, 0) is 9.59 Å². The molecule has 1 amide bonds. The molecule has 122 valence electrons. The van der Waals surface area contributed by atoms with Crippen molar-refractivity contribution in [3.8, 4) is 0 Å². The first-order chi connectivity index (χ1) is 11.6. The van der Waals surface area contributed by atoms with Crippen LogP contribution in [0.3, 0.4) is 0 Å². The van der Waals surface area contributed by atoms with Gasteiger partial charge in [-0.15, -0.1) is 0 Å². The first-order valence-corrected chi connectivity index (χ1v) is 7.65. The van der Waals surface area contributed by atoms with Gasteiger partial charge < -0.3 is 5.11 Å². The number of benzene rings is 2. The van der Waals surface area contributed by atoms with Crippen molar-refractivity contribution in [2.24, 2.45) is 0 Å². The van der Waals surface area contributed by atoms with E-state index in [-0.39, 0.29) is 23.3 Å². The van der Waals surface area contributed by atoms with Crippen molar-refractivity contribution in [1.82, 2.24) is 0 Å². The van der Waals surface area contributed by atoms with Crippen molar-refractivity contribution in [3.05, 3.63) is 77.3 Å². The molecule has 4 nitrogen and oxygen atoms in total. The van der Waals surface area contributed by atoms with Crippen LogP contribution in [0, 0.1) is 5.82 Å². The Hall–Kier alpha value is -2.95. The van der Waals surface area contributed by atoms with Crippen molar-refractivity contribution in [2.75, 3.05) is 4.90 Å². The number of carbonyl (C=O) groups is 2. The highest BCUT2D eigenvalue weighted by Gasteiger charge is 2.44. The highest BCUT2D eigenvalue weighted by Crippen LogP contribution is 2.41. The summed E-state index contributed by atoms with van der Waals surface area (Å²) in [5.74, 6) is -2.23. The zero-order valence-electron chi connectivity index (χ0n) is 13.1. The predicted octanol–water partition coefficient (Wildman–Crippen LogP) is 3.70. The maximum Gasteiger partial charge on any atom is 0.294 e. The van der Waals surface area contributed by atoms with Gasteiger partial charge in [-0.2, -0.15) is 0 Å². The lowest BCUT2D eigenvalue weighted by Crippen LogP contribution is -2.31. The number of Topliss-reactive ketones (excluding diaryl/α,β-unsaturated/α-hetero) is 1. The van der Waals surface area contributed by atoms with Gasteiger partial charge in [0.25, 0.3) is 5.91 Å². The standard InChI is InChI=1S/C19H16FNO3/c1-2-15(22)16-17(13-10-6-7-11-14(13)20)21(19(24)18(16)23)12-8-4-3-5-9-12/h3-11,17,23H,2H2,1H3. The Balaban J connectivity index is 2.22. The first kappa shape index (κ1) is 15.9. The summed E-state index contributed by atoms with van der Waals surface area (Å²) in [6.45, 7) is 1.64. The Morgan fingerprint density at radius 3 is 2.38 bits per heavy atom. The summed E-state index contributed by atoms with van der Waals surface area (Å²) >= 11 is 0. The van der Waals surface area contributed by atoms with Crippen LogP contribution in [0.25, 0.3) is 0 Å². The Kier molecular flexibility index (Phi) is 4.16. The Labute approximate surface area is 138 Å². The van der Waals surface area contributed by atoms with E-state index in [0.717, 1.165) is 0 Å². The molecule has 1 heterocycles. The van der Waals surface area contributed by atoms with Crippen molar-refractivity contribution in [3.63, 3.8) is 0 Å². The number of nitrogens with zero attached hydrogens (tertiary/aromatic N) is 1. The summed E-state index contributed by atoms with van der Waals surface area (Å²) in [5, 5.41) is 10.3.